The van der Waals surface area contributed by atoms with Crippen LogP contribution in [0.4, 0.5) is 0 Å². The Morgan fingerprint density at radius 1 is 1.17 bits per heavy atom. The number of guanidine groups is 1. The van der Waals surface area contributed by atoms with E-state index in [1.165, 1.54) is 5.56 Å². The van der Waals surface area contributed by atoms with Crippen LogP contribution in [-0.4, -0.2) is 33.6 Å². The second-order valence-electron chi connectivity index (χ2n) is 6.59. The Bertz CT molecular complexity index is 919. The number of aliphatic imine (C=N–C) groups is 1. The van der Waals surface area contributed by atoms with Crippen molar-refractivity contribution in [2.24, 2.45) is 4.99 Å². The molecule has 0 spiro atoms. The maximum Gasteiger partial charge on any atom is 0.191 e. The number of hydrogen-bond donors (Lipinski definition) is 2. The number of nitrogens with one attached hydrogen (secondary N) is 2. The summed E-state index contributed by atoms with van der Waals surface area (Å²) in [6, 6.07) is 10.3. The van der Waals surface area contributed by atoms with Gasteiger partial charge in [-0.2, -0.15) is 0 Å². The van der Waals surface area contributed by atoms with E-state index in [0.717, 1.165) is 35.2 Å². The van der Waals surface area contributed by atoms with Crippen molar-refractivity contribution >= 4 is 5.96 Å². The third-order valence-electron chi connectivity index (χ3n) is 4.31. The molecule has 7 nitrogen and oxygen atoms in total. The van der Waals surface area contributed by atoms with Crippen molar-refractivity contribution < 1.29 is 4.74 Å². The number of pyridine rings is 1. The molecular formula is C22H28N6O. The van der Waals surface area contributed by atoms with E-state index in [1.54, 1.807) is 12.5 Å². The summed E-state index contributed by atoms with van der Waals surface area (Å²) in [6.45, 7) is 8.73. The summed E-state index contributed by atoms with van der Waals surface area (Å²) in [4.78, 5) is 13.2. The Morgan fingerprint density at radius 2 is 2.07 bits per heavy atom. The second-order valence-corrected chi connectivity index (χ2v) is 6.59. The summed E-state index contributed by atoms with van der Waals surface area (Å²) in [7, 11) is 0. The summed E-state index contributed by atoms with van der Waals surface area (Å²) in [6.07, 6.45) is 7.18. The van der Waals surface area contributed by atoms with Crippen molar-refractivity contribution in [3.8, 4) is 11.6 Å². The van der Waals surface area contributed by atoms with Gasteiger partial charge in [-0.1, -0.05) is 18.2 Å². The first-order valence-corrected chi connectivity index (χ1v) is 9.87. The van der Waals surface area contributed by atoms with Crippen molar-refractivity contribution in [1.82, 2.24) is 25.2 Å². The number of benzene rings is 1. The minimum Gasteiger partial charge on any atom is -0.494 e. The van der Waals surface area contributed by atoms with Crippen molar-refractivity contribution in [2.75, 3.05) is 13.2 Å². The maximum absolute atomic E-state index is 5.77. The van der Waals surface area contributed by atoms with E-state index >= 15 is 0 Å². The summed E-state index contributed by atoms with van der Waals surface area (Å²) in [5, 5.41) is 6.67. The molecule has 0 saturated heterocycles. The first kappa shape index (κ1) is 20.4. The molecule has 0 atom stereocenters. The fourth-order valence-electron chi connectivity index (χ4n) is 2.85. The molecule has 152 valence electrons. The van der Waals surface area contributed by atoms with Crippen LogP contribution in [0.2, 0.25) is 0 Å². The lowest BCUT2D eigenvalue weighted by Gasteiger charge is -2.15. The standard InChI is InChI=1S/C22H28N6O/c1-4-24-22(27-15-19-8-6-17(3)12-20(19)29-5-2)26-14-18-7-9-21(25-13-18)28-11-10-23-16-28/h6-13,16H,4-5,14-15H2,1-3H3,(H2,24,26,27). The Labute approximate surface area is 171 Å². The van der Waals surface area contributed by atoms with Gasteiger partial charge in [0.25, 0.3) is 0 Å². The minimum atomic E-state index is 0.540. The molecular weight excluding hydrogens is 364 g/mol. The van der Waals surface area contributed by atoms with Gasteiger partial charge in [0.15, 0.2) is 5.96 Å². The third kappa shape index (κ3) is 5.81. The van der Waals surface area contributed by atoms with Crippen LogP contribution in [0.1, 0.15) is 30.5 Å². The highest BCUT2D eigenvalue weighted by Crippen LogP contribution is 2.20. The number of aryl methyl sites for hydroxylation is 1. The zero-order valence-corrected chi connectivity index (χ0v) is 17.2. The molecule has 0 bridgehead atoms. The summed E-state index contributed by atoms with van der Waals surface area (Å²) in [5.74, 6) is 2.51. The van der Waals surface area contributed by atoms with Crippen LogP contribution >= 0.6 is 0 Å². The molecule has 0 fully saturated rings. The Hall–Kier alpha value is -3.35. The molecule has 0 aliphatic heterocycles. The smallest absolute Gasteiger partial charge is 0.191 e. The van der Waals surface area contributed by atoms with Crippen molar-refractivity contribution in [1.29, 1.82) is 0 Å². The molecule has 0 radical (unpaired) electrons. The first-order valence-electron chi connectivity index (χ1n) is 9.87. The number of rotatable bonds is 8. The van der Waals surface area contributed by atoms with Gasteiger partial charge in [-0.3, -0.25) is 4.57 Å². The van der Waals surface area contributed by atoms with Gasteiger partial charge >= 0.3 is 0 Å². The van der Waals surface area contributed by atoms with Crippen LogP contribution in [0.3, 0.4) is 0 Å². The molecule has 0 saturated carbocycles. The zero-order chi connectivity index (χ0) is 20.5. The molecule has 2 N–H and O–H groups in total. The Kier molecular flexibility index (Phi) is 7.22. The lowest BCUT2D eigenvalue weighted by molar-refractivity contribution is 0.336. The summed E-state index contributed by atoms with van der Waals surface area (Å²) >= 11 is 0. The Balaban J connectivity index is 1.64. The zero-order valence-electron chi connectivity index (χ0n) is 17.2. The van der Waals surface area contributed by atoms with Crippen molar-refractivity contribution in [3.05, 3.63) is 71.9 Å². The molecule has 2 heterocycles. The van der Waals surface area contributed by atoms with E-state index < -0.39 is 0 Å². The largest absolute Gasteiger partial charge is 0.494 e. The first-order chi connectivity index (χ1) is 14.2. The monoisotopic (exact) mass is 392 g/mol. The molecule has 3 rings (SSSR count). The molecule has 0 unspecified atom stereocenters. The van der Waals surface area contributed by atoms with Gasteiger partial charge in [-0.15, -0.1) is 0 Å². The van der Waals surface area contributed by atoms with Crippen LogP contribution in [-0.2, 0) is 13.1 Å². The average Bonchev–Trinajstić information content (AvgIpc) is 3.27. The van der Waals surface area contributed by atoms with Gasteiger partial charge in [0, 0.05) is 37.2 Å². The summed E-state index contributed by atoms with van der Waals surface area (Å²) in [5.41, 5.74) is 3.33. The fraction of sp³-hybridized carbons (Fsp3) is 0.318. The number of ether oxygens (including phenoxy) is 1. The molecule has 29 heavy (non-hydrogen) atoms. The van der Waals surface area contributed by atoms with E-state index in [1.807, 2.05) is 36.0 Å². The highest BCUT2D eigenvalue weighted by Gasteiger charge is 2.06. The maximum atomic E-state index is 5.77. The normalized spacial score (nSPS) is 11.3. The van der Waals surface area contributed by atoms with Crippen molar-refractivity contribution in [2.45, 2.75) is 33.9 Å². The number of aromatic nitrogens is 3. The van der Waals surface area contributed by atoms with Gasteiger partial charge in [0.2, 0.25) is 0 Å². The van der Waals surface area contributed by atoms with Gasteiger partial charge in [0.1, 0.15) is 17.9 Å². The second kappa shape index (κ2) is 10.3. The SMILES string of the molecule is CCNC(=NCc1ccc(-n2ccnc2)nc1)NCc1ccc(C)cc1OCC. The average molecular weight is 393 g/mol. The molecule has 7 heteroatoms. The molecule has 0 aliphatic carbocycles. The van der Waals surface area contributed by atoms with Gasteiger partial charge in [-0.05, 0) is 44.0 Å². The van der Waals surface area contributed by atoms with Gasteiger partial charge < -0.3 is 15.4 Å². The number of hydrogen-bond acceptors (Lipinski definition) is 4. The quantitative estimate of drug-likeness (QED) is 0.455. The molecule has 3 aromatic rings. The number of nitrogens with zero attached hydrogens (tertiary/aromatic N) is 4. The van der Waals surface area contributed by atoms with Crippen LogP contribution < -0.4 is 15.4 Å². The molecule has 1 aromatic carbocycles. The lowest BCUT2D eigenvalue weighted by Crippen LogP contribution is -2.36. The molecule has 0 amide bonds. The molecule has 2 aromatic heterocycles. The fourth-order valence-corrected chi connectivity index (χ4v) is 2.85. The topological polar surface area (TPSA) is 76.4 Å². The van der Waals surface area contributed by atoms with E-state index in [9.17, 15) is 0 Å². The van der Waals surface area contributed by atoms with E-state index in [0.29, 0.717) is 19.7 Å². The van der Waals surface area contributed by atoms with Crippen molar-refractivity contribution in [3.63, 3.8) is 0 Å². The van der Waals surface area contributed by atoms with Crippen LogP contribution in [0.5, 0.6) is 5.75 Å². The predicted octanol–water partition coefficient (Wildman–Crippen LogP) is 3.23. The van der Waals surface area contributed by atoms with Gasteiger partial charge in [0.05, 0.1) is 13.2 Å². The highest BCUT2D eigenvalue weighted by atomic mass is 16.5. The third-order valence-corrected chi connectivity index (χ3v) is 4.31. The van der Waals surface area contributed by atoms with Crippen LogP contribution in [0, 0.1) is 6.92 Å². The highest BCUT2D eigenvalue weighted by molar-refractivity contribution is 5.79. The Morgan fingerprint density at radius 3 is 2.76 bits per heavy atom. The predicted molar refractivity (Wildman–Crippen MR) is 115 cm³/mol. The minimum absolute atomic E-state index is 0.540. The van der Waals surface area contributed by atoms with E-state index in [4.69, 9.17) is 4.74 Å². The lowest BCUT2D eigenvalue weighted by atomic mass is 10.1. The van der Waals surface area contributed by atoms with E-state index in [-0.39, 0.29) is 0 Å². The van der Waals surface area contributed by atoms with Crippen LogP contribution in [0.15, 0.2) is 60.2 Å². The van der Waals surface area contributed by atoms with E-state index in [2.05, 4.69) is 57.6 Å². The van der Waals surface area contributed by atoms with Crippen LogP contribution in [0.25, 0.3) is 5.82 Å². The number of imidazole rings is 1. The molecule has 0 aliphatic rings. The summed E-state index contributed by atoms with van der Waals surface area (Å²) < 4.78 is 7.64. The van der Waals surface area contributed by atoms with Gasteiger partial charge in [-0.25, -0.2) is 15.0 Å².